The molecule has 1 aliphatic rings. The molecule has 1 amide bonds. The van der Waals surface area contributed by atoms with E-state index < -0.39 is 0 Å². The largest absolute Gasteiger partial charge is 0.486 e. The van der Waals surface area contributed by atoms with E-state index in [0.29, 0.717) is 24.0 Å². The maximum Gasteiger partial charge on any atom is 0.410 e. The summed E-state index contributed by atoms with van der Waals surface area (Å²) in [5, 5.41) is 2.22. The van der Waals surface area contributed by atoms with E-state index in [-0.39, 0.29) is 18.8 Å². The molecule has 4 rings (SSSR count). The molecule has 1 aliphatic heterocycles. The number of halogens is 1. The normalized spacial score (nSPS) is 13.8. The van der Waals surface area contributed by atoms with Crippen LogP contribution in [0.5, 0.6) is 5.75 Å². The summed E-state index contributed by atoms with van der Waals surface area (Å²) in [7, 11) is 0. The van der Waals surface area contributed by atoms with Crippen molar-refractivity contribution in [2.45, 2.75) is 12.7 Å². The summed E-state index contributed by atoms with van der Waals surface area (Å²) in [6.07, 6.45) is 3.06. The molecule has 6 heteroatoms. The Bertz CT molecular complexity index is 1020. The lowest BCUT2D eigenvalue weighted by Crippen LogP contribution is -2.56. The van der Waals surface area contributed by atoms with Gasteiger partial charge in [0.15, 0.2) is 0 Å². The smallest absolute Gasteiger partial charge is 0.410 e. The molecule has 1 fully saturated rings. The number of carbonyl (C=O) groups excluding carboxylic acids is 1. The Labute approximate surface area is 168 Å². The fourth-order valence-corrected chi connectivity index (χ4v) is 3.30. The van der Waals surface area contributed by atoms with Gasteiger partial charge in [-0.1, -0.05) is 60.7 Å². The van der Waals surface area contributed by atoms with Gasteiger partial charge in [0.1, 0.15) is 23.6 Å². The standard InChI is InChI=1S/C22H19ClN2O3/c1-2-16-8-9-20(19-11-24-21(23)10-18(16)19)28-17-12-25(13-17)22(26)27-14-15-6-4-3-5-7-15/h2-11,17H,1,12-14H2. The molecule has 0 atom stereocenters. The number of aromatic nitrogens is 1. The van der Waals surface area contributed by atoms with Crippen molar-refractivity contribution in [3.05, 3.63) is 77.6 Å². The molecule has 2 heterocycles. The number of pyridine rings is 1. The molecule has 5 nitrogen and oxygen atoms in total. The van der Waals surface area contributed by atoms with Crippen LogP contribution in [0.4, 0.5) is 4.79 Å². The van der Waals surface area contributed by atoms with Crippen molar-refractivity contribution < 1.29 is 14.3 Å². The average Bonchev–Trinajstić information content (AvgIpc) is 2.69. The zero-order valence-corrected chi connectivity index (χ0v) is 15.9. The van der Waals surface area contributed by atoms with Gasteiger partial charge in [-0.15, -0.1) is 0 Å². The molecule has 0 spiro atoms. The minimum atomic E-state index is -0.330. The highest BCUT2D eigenvalue weighted by Gasteiger charge is 2.33. The quantitative estimate of drug-likeness (QED) is 0.576. The first kappa shape index (κ1) is 18.3. The number of ether oxygens (including phenoxy) is 2. The molecular weight excluding hydrogens is 376 g/mol. The number of nitrogens with zero attached hydrogens (tertiary/aromatic N) is 2. The Balaban J connectivity index is 1.37. The van der Waals surface area contributed by atoms with E-state index >= 15 is 0 Å². The number of hydrogen-bond donors (Lipinski definition) is 0. The average molecular weight is 395 g/mol. The zero-order valence-electron chi connectivity index (χ0n) is 15.2. The van der Waals surface area contributed by atoms with Gasteiger partial charge in [0, 0.05) is 11.6 Å². The maximum absolute atomic E-state index is 12.1. The Kier molecular flexibility index (Phi) is 5.17. The molecule has 1 aromatic heterocycles. The Morgan fingerprint density at radius 3 is 2.75 bits per heavy atom. The van der Waals surface area contributed by atoms with Crippen molar-refractivity contribution in [1.82, 2.24) is 9.88 Å². The number of hydrogen-bond acceptors (Lipinski definition) is 4. The lowest BCUT2D eigenvalue weighted by Gasteiger charge is -2.38. The summed E-state index contributed by atoms with van der Waals surface area (Å²) >= 11 is 6.03. The van der Waals surface area contributed by atoms with Crippen molar-refractivity contribution in [1.29, 1.82) is 0 Å². The van der Waals surface area contributed by atoms with Crippen molar-refractivity contribution in [3.8, 4) is 5.75 Å². The summed E-state index contributed by atoms with van der Waals surface area (Å²) in [5.41, 5.74) is 1.93. The van der Waals surface area contributed by atoms with Crippen LogP contribution in [0.3, 0.4) is 0 Å². The van der Waals surface area contributed by atoms with Gasteiger partial charge in [-0.05, 0) is 28.6 Å². The fourth-order valence-electron chi connectivity index (χ4n) is 3.14. The van der Waals surface area contributed by atoms with Crippen LogP contribution < -0.4 is 4.74 Å². The summed E-state index contributed by atoms with van der Waals surface area (Å²) in [5.74, 6) is 0.715. The highest BCUT2D eigenvalue weighted by molar-refractivity contribution is 6.30. The molecule has 2 aromatic carbocycles. The molecule has 0 saturated carbocycles. The van der Waals surface area contributed by atoms with Crippen LogP contribution in [0.1, 0.15) is 11.1 Å². The van der Waals surface area contributed by atoms with Gasteiger partial charge < -0.3 is 14.4 Å². The number of rotatable bonds is 5. The van der Waals surface area contributed by atoms with Gasteiger partial charge in [0.25, 0.3) is 0 Å². The maximum atomic E-state index is 12.1. The number of likely N-dealkylation sites (tertiary alicyclic amines) is 1. The number of benzene rings is 2. The highest BCUT2D eigenvalue weighted by atomic mass is 35.5. The molecule has 0 unspecified atom stereocenters. The third-order valence-corrected chi connectivity index (χ3v) is 4.89. The van der Waals surface area contributed by atoms with Crippen LogP contribution in [0.25, 0.3) is 16.8 Å². The second-order valence-corrected chi connectivity index (χ2v) is 6.98. The van der Waals surface area contributed by atoms with Gasteiger partial charge >= 0.3 is 6.09 Å². The molecule has 142 valence electrons. The van der Waals surface area contributed by atoms with Crippen LogP contribution >= 0.6 is 11.6 Å². The predicted octanol–water partition coefficient (Wildman–Crippen LogP) is 4.93. The zero-order chi connectivity index (χ0) is 19.5. The predicted molar refractivity (Wildman–Crippen MR) is 109 cm³/mol. The lowest BCUT2D eigenvalue weighted by atomic mass is 10.1. The Hall–Kier alpha value is -3.05. The van der Waals surface area contributed by atoms with Gasteiger partial charge in [0.2, 0.25) is 0 Å². The monoisotopic (exact) mass is 394 g/mol. The molecule has 3 aromatic rings. The third kappa shape index (κ3) is 3.80. The minimum absolute atomic E-state index is 0.0854. The van der Waals surface area contributed by atoms with Gasteiger partial charge in [-0.2, -0.15) is 0 Å². The van der Waals surface area contributed by atoms with Crippen molar-refractivity contribution in [2.24, 2.45) is 0 Å². The molecule has 28 heavy (non-hydrogen) atoms. The molecular formula is C22H19ClN2O3. The molecule has 0 N–H and O–H groups in total. The van der Waals surface area contributed by atoms with Gasteiger partial charge in [-0.3, -0.25) is 0 Å². The summed E-state index contributed by atoms with van der Waals surface area (Å²) in [4.78, 5) is 17.9. The van der Waals surface area contributed by atoms with Crippen molar-refractivity contribution in [3.63, 3.8) is 0 Å². The Morgan fingerprint density at radius 1 is 1.21 bits per heavy atom. The van der Waals surface area contributed by atoms with Gasteiger partial charge in [0.05, 0.1) is 13.1 Å². The van der Waals surface area contributed by atoms with E-state index in [2.05, 4.69) is 11.6 Å². The summed E-state index contributed by atoms with van der Waals surface area (Å²) in [6.45, 7) is 5.07. The first-order valence-electron chi connectivity index (χ1n) is 8.97. The minimum Gasteiger partial charge on any atom is -0.486 e. The summed E-state index contributed by atoms with van der Waals surface area (Å²) in [6, 6.07) is 15.2. The van der Waals surface area contributed by atoms with Crippen molar-refractivity contribution in [2.75, 3.05) is 13.1 Å². The van der Waals surface area contributed by atoms with E-state index in [1.54, 1.807) is 23.2 Å². The van der Waals surface area contributed by atoms with Crippen molar-refractivity contribution >= 4 is 34.5 Å². The SMILES string of the molecule is C=Cc1ccc(OC2CN(C(=O)OCc3ccccc3)C2)c2cnc(Cl)cc12. The van der Waals surface area contributed by atoms with Crippen LogP contribution in [0.15, 0.2) is 61.3 Å². The highest BCUT2D eigenvalue weighted by Crippen LogP contribution is 2.32. The third-order valence-electron chi connectivity index (χ3n) is 4.69. The molecule has 0 aliphatic carbocycles. The van der Waals surface area contributed by atoms with Crippen LogP contribution in [-0.2, 0) is 11.3 Å². The first-order chi connectivity index (χ1) is 13.6. The Morgan fingerprint density at radius 2 is 2.00 bits per heavy atom. The van der Waals surface area contributed by atoms with Gasteiger partial charge in [-0.25, -0.2) is 9.78 Å². The number of carbonyl (C=O) groups is 1. The molecule has 1 saturated heterocycles. The van der Waals surface area contributed by atoms with Crippen LogP contribution in [-0.4, -0.2) is 35.2 Å². The second-order valence-electron chi connectivity index (χ2n) is 6.59. The van der Waals surface area contributed by atoms with E-state index in [0.717, 1.165) is 21.9 Å². The lowest BCUT2D eigenvalue weighted by molar-refractivity contribution is 0.00933. The first-order valence-corrected chi connectivity index (χ1v) is 9.35. The van der Waals surface area contributed by atoms with E-state index in [1.165, 1.54) is 0 Å². The summed E-state index contributed by atoms with van der Waals surface area (Å²) < 4.78 is 11.4. The van der Waals surface area contributed by atoms with Crippen LogP contribution in [0, 0.1) is 0 Å². The number of amides is 1. The number of fused-ring (bicyclic) bond motifs is 1. The topological polar surface area (TPSA) is 51.7 Å². The second kappa shape index (κ2) is 7.90. The van der Waals surface area contributed by atoms with E-state index in [4.69, 9.17) is 21.1 Å². The van der Waals surface area contributed by atoms with Crippen LogP contribution in [0.2, 0.25) is 5.15 Å². The van der Waals surface area contributed by atoms with E-state index in [1.807, 2.05) is 42.5 Å². The van der Waals surface area contributed by atoms with E-state index in [9.17, 15) is 4.79 Å². The molecule has 0 radical (unpaired) electrons. The molecule has 0 bridgehead atoms. The fraction of sp³-hybridized carbons (Fsp3) is 0.182.